The van der Waals surface area contributed by atoms with E-state index >= 15 is 0 Å². The Labute approximate surface area is 237 Å². The summed E-state index contributed by atoms with van der Waals surface area (Å²) in [5, 5.41) is 9.20. The van der Waals surface area contributed by atoms with Crippen LogP contribution in [0.1, 0.15) is 28.9 Å². The van der Waals surface area contributed by atoms with Gasteiger partial charge in [-0.25, -0.2) is 4.39 Å². The number of anilines is 1. The molecule has 9 heteroatoms. The van der Waals surface area contributed by atoms with Crippen LogP contribution >= 0.6 is 11.6 Å². The van der Waals surface area contributed by atoms with Crippen LogP contribution in [0, 0.1) is 5.82 Å². The molecule has 0 saturated carbocycles. The standard InChI is InChI=1S/C31H29ClFN5O2/c1-22(23-5-3-2-4-6-23)38(31(40)25-7-11-26(32)12-8-25)21-30(39)37-19-17-36(18-20-37)29-16-15-28(34-35-29)24-9-13-27(33)14-10-24/h2-16,22H,17-21H2,1H3/t22-/m1/s1. The maximum atomic E-state index is 13.5. The van der Waals surface area contributed by atoms with Crippen LogP contribution in [0.2, 0.25) is 5.02 Å². The van der Waals surface area contributed by atoms with Crippen molar-refractivity contribution < 1.29 is 14.0 Å². The van der Waals surface area contributed by atoms with Crippen molar-refractivity contribution in [2.24, 2.45) is 0 Å². The maximum absolute atomic E-state index is 13.5. The first-order valence-electron chi connectivity index (χ1n) is 13.1. The van der Waals surface area contributed by atoms with Crippen LogP contribution in [0.3, 0.4) is 0 Å². The van der Waals surface area contributed by atoms with Crippen LogP contribution in [-0.2, 0) is 4.79 Å². The van der Waals surface area contributed by atoms with E-state index in [9.17, 15) is 14.0 Å². The molecule has 5 rings (SSSR count). The lowest BCUT2D eigenvalue weighted by molar-refractivity contribution is -0.132. The van der Waals surface area contributed by atoms with Crippen molar-refractivity contribution in [3.8, 4) is 11.3 Å². The molecular formula is C31H29ClFN5O2. The van der Waals surface area contributed by atoms with Gasteiger partial charge in [-0.05, 0) is 73.2 Å². The Kier molecular flexibility index (Phi) is 8.36. The van der Waals surface area contributed by atoms with Crippen molar-refractivity contribution in [1.29, 1.82) is 0 Å². The van der Waals surface area contributed by atoms with Gasteiger partial charge in [0.1, 0.15) is 12.4 Å². The lowest BCUT2D eigenvalue weighted by Gasteiger charge is -2.37. The highest BCUT2D eigenvalue weighted by Crippen LogP contribution is 2.24. The van der Waals surface area contributed by atoms with E-state index in [0.29, 0.717) is 42.5 Å². The molecule has 2 heterocycles. The fraction of sp³-hybridized carbons (Fsp3) is 0.226. The summed E-state index contributed by atoms with van der Waals surface area (Å²) in [4.78, 5) is 32.5. The van der Waals surface area contributed by atoms with Crippen LogP contribution in [0.25, 0.3) is 11.3 Å². The highest BCUT2D eigenvalue weighted by Gasteiger charge is 2.29. The van der Waals surface area contributed by atoms with E-state index in [1.165, 1.54) is 12.1 Å². The van der Waals surface area contributed by atoms with E-state index in [1.54, 1.807) is 46.2 Å². The largest absolute Gasteiger partial charge is 0.352 e. The first-order chi connectivity index (χ1) is 19.4. The second-order valence-electron chi connectivity index (χ2n) is 9.68. The lowest BCUT2D eigenvalue weighted by Crippen LogP contribution is -2.52. The number of rotatable bonds is 7. The van der Waals surface area contributed by atoms with Crippen LogP contribution in [0.15, 0.2) is 91.0 Å². The van der Waals surface area contributed by atoms with Gasteiger partial charge < -0.3 is 14.7 Å². The molecule has 1 aliphatic rings. The summed E-state index contributed by atoms with van der Waals surface area (Å²) in [5.74, 6) is 0.0851. The first kappa shape index (κ1) is 27.3. The third kappa shape index (κ3) is 6.29. The summed E-state index contributed by atoms with van der Waals surface area (Å²) in [5.41, 5.74) is 2.88. The first-order valence-corrected chi connectivity index (χ1v) is 13.5. The molecule has 0 radical (unpaired) electrons. The molecule has 0 unspecified atom stereocenters. The van der Waals surface area contributed by atoms with Gasteiger partial charge in [-0.3, -0.25) is 9.59 Å². The SMILES string of the molecule is C[C@H](c1ccccc1)N(CC(=O)N1CCN(c2ccc(-c3ccc(F)cc3)nn2)CC1)C(=O)c1ccc(Cl)cc1. The highest BCUT2D eigenvalue weighted by atomic mass is 35.5. The molecule has 204 valence electrons. The van der Waals surface area contributed by atoms with Crippen molar-refractivity contribution >= 4 is 29.2 Å². The number of benzene rings is 3. The highest BCUT2D eigenvalue weighted by molar-refractivity contribution is 6.30. The normalized spacial score (nSPS) is 14.1. The van der Waals surface area contributed by atoms with Gasteiger partial charge in [0, 0.05) is 42.3 Å². The molecule has 0 N–H and O–H groups in total. The van der Waals surface area contributed by atoms with Gasteiger partial charge in [-0.15, -0.1) is 10.2 Å². The minimum Gasteiger partial charge on any atom is -0.352 e. The fourth-order valence-corrected chi connectivity index (χ4v) is 4.88. The molecule has 1 fully saturated rings. The number of hydrogen-bond donors (Lipinski definition) is 0. The van der Waals surface area contributed by atoms with E-state index < -0.39 is 0 Å². The van der Waals surface area contributed by atoms with Crippen molar-refractivity contribution in [1.82, 2.24) is 20.0 Å². The summed E-state index contributed by atoms with van der Waals surface area (Å²) in [6.45, 7) is 4.09. The third-order valence-electron chi connectivity index (χ3n) is 7.15. The smallest absolute Gasteiger partial charge is 0.254 e. The molecule has 0 aliphatic carbocycles. The molecular weight excluding hydrogens is 529 g/mol. The summed E-state index contributed by atoms with van der Waals surface area (Å²) in [6.07, 6.45) is 0. The molecule has 0 spiro atoms. The molecule has 1 saturated heterocycles. The minimum atomic E-state index is -0.301. The molecule has 7 nitrogen and oxygen atoms in total. The molecule has 1 aliphatic heterocycles. The van der Waals surface area contributed by atoms with E-state index in [4.69, 9.17) is 11.6 Å². The molecule has 1 atom stereocenters. The number of amides is 2. The topological polar surface area (TPSA) is 69.6 Å². The number of carbonyl (C=O) groups is 2. The quantitative estimate of drug-likeness (QED) is 0.301. The third-order valence-corrected chi connectivity index (χ3v) is 7.41. The number of hydrogen-bond acceptors (Lipinski definition) is 5. The average molecular weight is 558 g/mol. The van der Waals surface area contributed by atoms with Crippen molar-refractivity contribution in [3.05, 3.63) is 113 Å². The van der Waals surface area contributed by atoms with Gasteiger partial charge in [0.15, 0.2) is 5.82 Å². The Morgan fingerprint density at radius 1 is 0.875 bits per heavy atom. The van der Waals surface area contributed by atoms with Crippen LogP contribution in [0.4, 0.5) is 10.2 Å². The Hall–Kier alpha value is -4.30. The summed E-state index contributed by atoms with van der Waals surface area (Å²) >= 11 is 6.03. The van der Waals surface area contributed by atoms with Gasteiger partial charge in [0.05, 0.1) is 11.7 Å². The summed E-state index contributed by atoms with van der Waals surface area (Å²) in [7, 11) is 0. The second kappa shape index (κ2) is 12.3. The van der Waals surface area contributed by atoms with E-state index in [2.05, 4.69) is 15.1 Å². The zero-order valence-electron chi connectivity index (χ0n) is 22.1. The lowest BCUT2D eigenvalue weighted by atomic mass is 10.1. The van der Waals surface area contributed by atoms with Crippen molar-refractivity contribution in [3.63, 3.8) is 0 Å². The zero-order chi connectivity index (χ0) is 28.1. The molecule has 3 aromatic carbocycles. The predicted molar refractivity (Wildman–Crippen MR) is 154 cm³/mol. The zero-order valence-corrected chi connectivity index (χ0v) is 22.8. The Balaban J connectivity index is 1.24. The molecule has 2 amide bonds. The number of carbonyl (C=O) groups excluding carboxylic acids is 2. The number of piperazine rings is 1. The summed E-state index contributed by atoms with van der Waals surface area (Å²) < 4.78 is 13.2. The minimum absolute atomic E-state index is 0.0380. The monoisotopic (exact) mass is 557 g/mol. The van der Waals surface area contributed by atoms with Gasteiger partial charge in [-0.1, -0.05) is 41.9 Å². The van der Waals surface area contributed by atoms with E-state index in [-0.39, 0.29) is 30.2 Å². The maximum Gasteiger partial charge on any atom is 0.254 e. The number of aromatic nitrogens is 2. The molecule has 1 aromatic heterocycles. The molecule has 40 heavy (non-hydrogen) atoms. The van der Waals surface area contributed by atoms with Gasteiger partial charge in [0.25, 0.3) is 5.91 Å². The van der Waals surface area contributed by atoms with Crippen LogP contribution in [0.5, 0.6) is 0 Å². The van der Waals surface area contributed by atoms with Crippen LogP contribution in [-0.4, -0.2) is 64.5 Å². The summed E-state index contributed by atoms with van der Waals surface area (Å²) in [6, 6.07) is 26.0. The fourth-order valence-electron chi connectivity index (χ4n) is 4.75. The van der Waals surface area contributed by atoms with Gasteiger partial charge >= 0.3 is 0 Å². The number of halogens is 2. The van der Waals surface area contributed by atoms with Gasteiger partial charge in [-0.2, -0.15) is 0 Å². The Bertz CT molecular complexity index is 1440. The second-order valence-corrected chi connectivity index (χ2v) is 10.1. The van der Waals surface area contributed by atoms with Crippen LogP contribution < -0.4 is 4.90 Å². The number of nitrogens with zero attached hydrogens (tertiary/aromatic N) is 5. The Morgan fingerprint density at radius 2 is 1.55 bits per heavy atom. The van der Waals surface area contributed by atoms with E-state index in [0.717, 1.165) is 16.9 Å². The predicted octanol–water partition coefficient (Wildman–Crippen LogP) is 5.49. The molecule has 0 bridgehead atoms. The van der Waals surface area contributed by atoms with Gasteiger partial charge in [0.2, 0.25) is 5.91 Å². The van der Waals surface area contributed by atoms with Crippen molar-refractivity contribution in [2.75, 3.05) is 37.6 Å². The Morgan fingerprint density at radius 3 is 2.17 bits per heavy atom. The average Bonchev–Trinajstić information content (AvgIpc) is 3.00. The van der Waals surface area contributed by atoms with Crippen molar-refractivity contribution in [2.45, 2.75) is 13.0 Å². The molecule has 4 aromatic rings. The van der Waals surface area contributed by atoms with E-state index in [1.807, 2.05) is 49.4 Å².